The van der Waals surface area contributed by atoms with Crippen molar-refractivity contribution in [3.8, 4) is 5.75 Å². The first kappa shape index (κ1) is 10.3. The third-order valence-electron chi connectivity index (χ3n) is 1.83. The molecule has 1 aromatic carbocycles. The number of hydrogen-bond acceptors (Lipinski definition) is 2. The summed E-state index contributed by atoms with van der Waals surface area (Å²) in [5.41, 5.74) is 1.71. The summed E-state index contributed by atoms with van der Waals surface area (Å²) < 4.78 is 5.13. The van der Waals surface area contributed by atoms with Crippen LogP contribution in [-0.4, -0.2) is 12.9 Å². The van der Waals surface area contributed by atoms with E-state index in [0.717, 1.165) is 16.9 Å². The lowest BCUT2D eigenvalue weighted by atomic mass is 10.1. The van der Waals surface area contributed by atoms with Gasteiger partial charge in [0.05, 0.1) is 7.11 Å². The molecular formula is C10H11BrO2. The summed E-state index contributed by atoms with van der Waals surface area (Å²) in [4.78, 5) is 11.1. The Hall–Kier alpha value is -0.830. The Bertz CT molecular complexity index is 321. The number of alkyl halides is 1. The molecule has 0 amide bonds. The molecular weight excluding hydrogens is 232 g/mol. The highest BCUT2D eigenvalue weighted by atomic mass is 79.9. The van der Waals surface area contributed by atoms with Gasteiger partial charge in [0.15, 0.2) is 5.78 Å². The molecule has 0 radical (unpaired) electrons. The monoisotopic (exact) mass is 242 g/mol. The molecule has 0 fully saturated rings. The quantitative estimate of drug-likeness (QED) is 0.602. The summed E-state index contributed by atoms with van der Waals surface area (Å²) >= 11 is 3.34. The number of hydrogen-bond donors (Lipinski definition) is 0. The number of carbonyl (C=O) groups is 1. The van der Waals surface area contributed by atoms with Gasteiger partial charge in [-0.2, -0.15) is 0 Å². The molecule has 0 aromatic heterocycles. The van der Waals surface area contributed by atoms with Crippen LogP contribution in [0.4, 0.5) is 0 Å². The van der Waals surface area contributed by atoms with E-state index in [9.17, 15) is 4.79 Å². The number of Topliss-reactive ketones (excluding diaryl/α,β-unsaturated/α-hetero) is 1. The maximum absolute atomic E-state index is 11.1. The zero-order valence-electron chi connectivity index (χ0n) is 7.63. The Morgan fingerprint density at radius 2 is 2.23 bits per heavy atom. The Morgan fingerprint density at radius 3 is 2.69 bits per heavy atom. The molecule has 0 aliphatic carbocycles. The summed E-state index contributed by atoms with van der Waals surface area (Å²) in [6.45, 7) is 1.56. The molecule has 0 unspecified atom stereocenters. The second-order valence-corrected chi connectivity index (χ2v) is 3.28. The molecule has 0 N–H and O–H groups in total. The van der Waals surface area contributed by atoms with Crippen molar-refractivity contribution in [2.45, 2.75) is 12.3 Å². The average Bonchev–Trinajstić information content (AvgIpc) is 2.16. The predicted molar refractivity (Wildman–Crippen MR) is 55.6 cm³/mol. The number of ketones is 1. The highest BCUT2D eigenvalue weighted by Crippen LogP contribution is 2.22. The zero-order valence-corrected chi connectivity index (χ0v) is 9.22. The third-order valence-corrected chi connectivity index (χ3v) is 2.44. The highest BCUT2D eigenvalue weighted by molar-refractivity contribution is 9.08. The summed E-state index contributed by atoms with van der Waals surface area (Å²) in [5, 5.41) is 0.692. The Kier molecular flexibility index (Phi) is 3.48. The number of halogens is 1. The maximum atomic E-state index is 11.1. The second kappa shape index (κ2) is 4.42. The van der Waals surface area contributed by atoms with E-state index in [2.05, 4.69) is 15.9 Å². The zero-order chi connectivity index (χ0) is 9.84. The summed E-state index contributed by atoms with van der Waals surface area (Å²) in [6.07, 6.45) is 0. The van der Waals surface area contributed by atoms with Gasteiger partial charge in [-0.25, -0.2) is 0 Å². The van der Waals surface area contributed by atoms with Crippen LogP contribution in [-0.2, 0) is 5.33 Å². The van der Waals surface area contributed by atoms with Gasteiger partial charge >= 0.3 is 0 Å². The largest absolute Gasteiger partial charge is 0.496 e. The Morgan fingerprint density at radius 1 is 1.54 bits per heavy atom. The van der Waals surface area contributed by atoms with Crippen molar-refractivity contribution < 1.29 is 9.53 Å². The van der Waals surface area contributed by atoms with Crippen LogP contribution in [0.15, 0.2) is 18.2 Å². The van der Waals surface area contributed by atoms with Gasteiger partial charge in [-0.05, 0) is 25.1 Å². The van der Waals surface area contributed by atoms with Crippen LogP contribution in [0.1, 0.15) is 22.8 Å². The van der Waals surface area contributed by atoms with Gasteiger partial charge in [0.2, 0.25) is 0 Å². The smallest absolute Gasteiger partial charge is 0.159 e. The van der Waals surface area contributed by atoms with Gasteiger partial charge in [0.25, 0.3) is 0 Å². The topological polar surface area (TPSA) is 26.3 Å². The van der Waals surface area contributed by atoms with Crippen molar-refractivity contribution in [3.05, 3.63) is 29.3 Å². The van der Waals surface area contributed by atoms with Gasteiger partial charge in [-0.3, -0.25) is 4.79 Å². The molecule has 0 heterocycles. The van der Waals surface area contributed by atoms with Crippen LogP contribution in [0.5, 0.6) is 5.75 Å². The van der Waals surface area contributed by atoms with Crippen molar-refractivity contribution in [1.29, 1.82) is 0 Å². The minimum atomic E-state index is 0.0739. The fourth-order valence-electron chi connectivity index (χ4n) is 1.10. The van der Waals surface area contributed by atoms with Crippen molar-refractivity contribution in [2.75, 3.05) is 7.11 Å². The molecule has 0 spiro atoms. The summed E-state index contributed by atoms with van der Waals surface area (Å²) in [5.74, 6) is 0.881. The number of methoxy groups -OCH3 is 1. The van der Waals surface area contributed by atoms with E-state index in [1.165, 1.54) is 0 Å². The first-order valence-electron chi connectivity index (χ1n) is 3.93. The number of benzene rings is 1. The van der Waals surface area contributed by atoms with Crippen molar-refractivity contribution in [2.24, 2.45) is 0 Å². The number of carbonyl (C=O) groups excluding carboxylic acids is 1. The van der Waals surface area contributed by atoms with Crippen LogP contribution < -0.4 is 4.74 Å². The molecule has 0 saturated heterocycles. The standard InChI is InChI=1S/C10H11BrO2/c1-7(12)8-3-4-10(13-2)9(5-8)6-11/h3-5H,6H2,1-2H3. The van der Waals surface area contributed by atoms with Crippen LogP contribution >= 0.6 is 15.9 Å². The molecule has 1 rings (SSSR count). The van der Waals surface area contributed by atoms with Crippen LogP contribution in [0.3, 0.4) is 0 Å². The third kappa shape index (κ3) is 2.31. The molecule has 0 aliphatic rings. The lowest BCUT2D eigenvalue weighted by Gasteiger charge is -2.06. The Labute approximate surface area is 86.0 Å². The van der Waals surface area contributed by atoms with Crippen LogP contribution in [0.2, 0.25) is 0 Å². The van der Waals surface area contributed by atoms with Crippen LogP contribution in [0, 0.1) is 0 Å². The first-order valence-corrected chi connectivity index (χ1v) is 5.05. The molecule has 0 aliphatic heterocycles. The molecule has 13 heavy (non-hydrogen) atoms. The van der Waals surface area contributed by atoms with E-state index in [-0.39, 0.29) is 5.78 Å². The van der Waals surface area contributed by atoms with E-state index in [4.69, 9.17) is 4.74 Å². The summed E-state index contributed by atoms with van der Waals surface area (Å²) in [6, 6.07) is 5.43. The number of ether oxygens (including phenoxy) is 1. The van der Waals surface area contributed by atoms with Crippen molar-refractivity contribution >= 4 is 21.7 Å². The molecule has 0 saturated carbocycles. The van der Waals surface area contributed by atoms with E-state index < -0.39 is 0 Å². The minimum absolute atomic E-state index is 0.0739. The van der Waals surface area contributed by atoms with Crippen LogP contribution in [0.25, 0.3) is 0 Å². The number of rotatable bonds is 3. The molecule has 3 heteroatoms. The molecule has 2 nitrogen and oxygen atoms in total. The highest BCUT2D eigenvalue weighted by Gasteiger charge is 2.05. The predicted octanol–water partition coefficient (Wildman–Crippen LogP) is 2.79. The summed E-state index contributed by atoms with van der Waals surface area (Å²) in [7, 11) is 1.62. The average molecular weight is 243 g/mol. The fraction of sp³-hybridized carbons (Fsp3) is 0.300. The SMILES string of the molecule is COc1ccc(C(C)=O)cc1CBr. The van der Waals surface area contributed by atoms with Gasteiger partial charge < -0.3 is 4.74 Å². The Balaban J connectivity index is 3.13. The molecule has 0 atom stereocenters. The van der Waals surface area contributed by atoms with Gasteiger partial charge in [0.1, 0.15) is 5.75 Å². The van der Waals surface area contributed by atoms with Crippen molar-refractivity contribution in [3.63, 3.8) is 0 Å². The van der Waals surface area contributed by atoms with Gasteiger partial charge in [-0.1, -0.05) is 15.9 Å². The normalized spacial score (nSPS) is 9.77. The van der Waals surface area contributed by atoms with Gasteiger partial charge in [-0.15, -0.1) is 0 Å². The molecule has 1 aromatic rings. The lowest BCUT2D eigenvalue weighted by Crippen LogP contribution is -1.95. The van der Waals surface area contributed by atoms with Gasteiger partial charge in [0, 0.05) is 16.5 Å². The molecule has 70 valence electrons. The van der Waals surface area contributed by atoms with E-state index in [1.54, 1.807) is 20.1 Å². The second-order valence-electron chi connectivity index (χ2n) is 2.72. The minimum Gasteiger partial charge on any atom is -0.496 e. The van der Waals surface area contributed by atoms with E-state index in [0.29, 0.717) is 5.33 Å². The lowest BCUT2D eigenvalue weighted by molar-refractivity contribution is 0.101. The fourth-order valence-corrected chi connectivity index (χ4v) is 1.54. The van der Waals surface area contributed by atoms with E-state index >= 15 is 0 Å². The van der Waals surface area contributed by atoms with Crippen molar-refractivity contribution in [1.82, 2.24) is 0 Å². The van der Waals surface area contributed by atoms with E-state index in [1.807, 2.05) is 12.1 Å². The molecule has 0 bridgehead atoms. The first-order chi connectivity index (χ1) is 6.19. The maximum Gasteiger partial charge on any atom is 0.159 e.